The number of amides is 2. The van der Waals surface area contributed by atoms with Gasteiger partial charge in [0.1, 0.15) is 11.6 Å². The van der Waals surface area contributed by atoms with Crippen molar-refractivity contribution in [1.29, 1.82) is 0 Å². The second-order valence-corrected chi connectivity index (χ2v) is 3.28. The number of carbonyl (C=O) groups is 2. The summed E-state index contributed by atoms with van der Waals surface area (Å²) in [5.41, 5.74) is 0. The maximum absolute atomic E-state index is 11.2. The van der Waals surface area contributed by atoms with Crippen molar-refractivity contribution in [3.05, 3.63) is 12.2 Å². The normalized spacial score (nSPS) is 23.3. The number of rotatable bonds is 1. The van der Waals surface area contributed by atoms with Crippen molar-refractivity contribution < 1.29 is 14.3 Å². The topological polar surface area (TPSA) is 46.6 Å². The maximum atomic E-state index is 11.2. The molecule has 1 aliphatic rings. The molecule has 5 heteroatoms. The molecule has 0 aromatic carbocycles. The molecule has 1 atom stereocenters. The molecular weight excluding hydrogens is 226 g/mol. The van der Waals surface area contributed by atoms with Crippen LogP contribution < -0.4 is 0 Å². The minimum absolute atomic E-state index is 0.210. The van der Waals surface area contributed by atoms with E-state index in [1.807, 2.05) is 0 Å². The minimum Gasteiger partial charge on any atom is -0.446 e. The number of nitrogens with zero attached hydrogens (tertiary/aromatic N) is 1. The Morgan fingerprint density at radius 2 is 2.50 bits per heavy atom. The van der Waals surface area contributed by atoms with Crippen LogP contribution in [0.2, 0.25) is 0 Å². The summed E-state index contributed by atoms with van der Waals surface area (Å²) in [4.78, 5) is 22.8. The summed E-state index contributed by atoms with van der Waals surface area (Å²) in [7, 11) is 0. The highest BCUT2D eigenvalue weighted by molar-refractivity contribution is 9.09. The predicted molar refractivity (Wildman–Crippen MR) is 45.7 cm³/mol. The number of hydrogen-bond acceptors (Lipinski definition) is 3. The lowest BCUT2D eigenvalue weighted by Gasteiger charge is -2.11. The minimum atomic E-state index is -0.597. The van der Waals surface area contributed by atoms with Crippen molar-refractivity contribution in [2.75, 3.05) is 6.61 Å². The number of halogens is 1. The van der Waals surface area contributed by atoms with Gasteiger partial charge in [-0.1, -0.05) is 22.0 Å². The van der Waals surface area contributed by atoms with Crippen LogP contribution in [0.15, 0.2) is 12.2 Å². The second-order valence-electron chi connectivity index (χ2n) is 2.22. The van der Waals surface area contributed by atoms with E-state index in [1.165, 1.54) is 6.08 Å². The number of cyclic esters (lactones) is 1. The van der Waals surface area contributed by atoms with Gasteiger partial charge in [0.05, 0.1) is 0 Å². The van der Waals surface area contributed by atoms with Gasteiger partial charge in [-0.2, -0.15) is 0 Å². The first-order chi connectivity index (χ1) is 5.66. The summed E-state index contributed by atoms with van der Waals surface area (Å²) in [6.45, 7) is 1.92. The SMILES string of the molecule is C/C=C/C(=O)N1C(=O)OC[C@@H]1Br. The van der Waals surface area contributed by atoms with E-state index < -0.39 is 6.09 Å². The van der Waals surface area contributed by atoms with Gasteiger partial charge in [0.15, 0.2) is 0 Å². The largest absolute Gasteiger partial charge is 0.446 e. The van der Waals surface area contributed by atoms with E-state index >= 15 is 0 Å². The maximum Gasteiger partial charge on any atom is 0.418 e. The van der Waals surface area contributed by atoms with E-state index in [0.29, 0.717) is 0 Å². The van der Waals surface area contributed by atoms with Crippen LogP contribution in [0.25, 0.3) is 0 Å². The van der Waals surface area contributed by atoms with Crippen LogP contribution in [-0.2, 0) is 9.53 Å². The van der Waals surface area contributed by atoms with E-state index in [1.54, 1.807) is 13.0 Å². The van der Waals surface area contributed by atoms with E-state index in [-0.39, 0.29) is 17.5 Å². The van der Waals surface area contributed by atoms with Crippen molar-refractivity contribution >= 4 is 27.9 Å². The molecule has 2 amide bonds. The number of hydrogen-bond donors (Lipinski definition) is 0. The summed E-state index contributed by atoms with van der Waals surface area (Å²) in [6.07, 6.45) is 2.30. The van der Waals surface area contributed by atoms with Crippen molar-refractivity contribution in [3.63, 3.8) is 0 Å². The zero-order valence-electron chi connectivity index (χ0n) is 6.49. The number of alkyl halides is 1. The molecule has 1 aliphatic heterocycles. The lowest BCUT2D eigenvalue weighted by atomic mass is 10.4. The lowest BCUT2D eigenvalue weighted by molar-refractivity contribution is -0.123. The van der Waals surface area contributed by atoms with Crippen LogP contribution in [0.5, 0.6) is 0 Å². The third-order valence-electron chi connectivity index (χ3n) is 1.37. The van der Waals surface area contributed by atoms with Gasteiger partial charge < -0.3 is 4.74 Å². The zero-order valence-corrected chi connectivity index (χ0v) is 8.08. The molecule has 0 radical (unpaired) electrons. The number of allylic oxidation sites excluding steroid dienone is 1. The smallest absolute Gasteiger partial charge is 0.418 e. The highest BCUT2D eigenvalue weighted by Crippen LogP contribution is 2.17. The van der Waals surface area contributed by atoms with Gasteiger partial charge >= 0.3 is 6.09 Å². The molecule has 0 aliphatic carbocycles. The first-order valence-corrected chi connectivity index (χ1v) is 4.35. The van der Waals surface area contributed by atoms with Crippen molar-refractivity contribution in [2.45, 2.75) is 11.9 Å². The standard InChI is InChI=1S/C7H8BrNO3/c1-2-3-6(10)9-5(8)4-12-7(9)11/h2-3,5H,4H2,1H3/b3-2+/t5-/m1/s1. The molecule has 66 valence electrons. The molecule has 0 spiro atoms. The molecule has 1 saturated heterocycles. The third-order valence-corrected chi connectivity index (χ3v) is 2.04. The monoisotopic (exact) mass is 233 g/mol. The fraction of sp³-hybridized carbons (Fsp3) is 0.429. The first-order valence-electron chi connectivity index (χ1n) is 3.43. The number of ether oxygens (including phenoxy) is 1. The average molecular weight is 234 g/mol. The highest BCUT2D eigenvalue weighted by atomic mass is 79.9. The Kier molecular flexibility index (Phi) is 2.86. The molecule has 1 rings (SSSR count). The number of imide groups is 1. The summed E-state index contributed by atoms with van der Waals surface area (Å²) < 4.78 is 4.63. The van der Waals surface area contributed by atoms with Gasteiger partial charge in [-0.05, 0) is 13.0 Å². The van der Waals surface area contributed by atoms with Gasteiger partial charge in [-0.25, -0.2) is 9.69 Å². The number of carbonyl (C=O) groups excluding carboxylic acids is 2. The molecular formula is C7H8BrNO3. The molecule has 0 unspecified atom stereocenters. The third kappa shape index (κ3) is 1.66. The van der Waals surface area contributed by atoms with Crippen LogP contribution >= 0.6 is 15.9 Å². The van der Waals surface area contributed by atoms with Crippen LogP contribution in [0.4, 0.5) is 4.79 Å². The first kappa shape index (κ1) is 9.25. The Labute approximate surface area is 78.3 Å². The van der Waals surface area contributed by atoms with Gasteiger partial charge in [-0.3, -0.25) is 4.79 Å². The Hall–Kier alpha value is -0.840. The molecule has 1 heterocycles. The van der Waals surface area contributed by atoms with Crippen LogP contribution in [0, 0.1) is 0 Å². The predicted octanol–water partition coefficient (Wildman–Crippen LogP) is 1.26. The molecule has 0 N–H and O–H groups in total. The van der Waals surface area contributed by atoms with E-state index in [4.69, 9.17) is 0 Å². The van der Waals surface area contributed by atoms with Crippen molar-refractivity contribution in [1.82, 2.24) is 4.90 Å². The van der Waals surface area contributed by atoms with Crippen LogP contribution in [-0.4, -0.2) is 28.5 Å². The van der Waals surface area contributed by atoms with Gasteiger partial charge in [0, 0.05) is 0 Å². The summed E-state index contributed by atoms with van der Waals surface area (Å²) in [6, 6.07) is 0. The van der Waals surface area contributed by atoms with Crippen LogP contribution in [0.3, 0.4) is 0 Å². The fourth-order valence-corrected chi connectivity index (χ4v) is 1.35. The van der Waals surface area contributed by atoms with E-state index in [2.05, 4.69) is 20.7 Å². The van der Waals surface area contributed by atoms with Gasteiger partial charge in [0.25, 0.3) is 5.91 Å². The highest BCUT2D eigenvalue weighted by Gasteiger charge is 2.34. The Balaban J connectivity index is 2.72. The summed E-state index contributed by atoms with van der Waals surface area (Å²) in [5, 5.41) is 0. The van der Waals surface area contributed by atoms with E-state index in [0.717, 1.165) is 4.90 Å². The zero-order chi connectivity index (χ0) is 9.14. The quantitative estimate of drug-likeness (QED) is 0.390. The van der Waals surface area contributed by atoms with Crippen LogP contribution in [0.1, 0.15) is 6.92 Å². The van der Waals surface area contributed by atoms with Gasteiger partial charge in [-0.15, -0.1) is 0 Å². The second kappa shape index (κ2) is 3.71. The molecule has 1 fully saturated rings. The fourth-order valence-electron chi connectivity index (χ4n) is 0.849. The Morgan fingerprint density at radius 1 is 1.83 bits per heavy atom. The Bertz CT molecular complexity index is 239. The molecule has 12 heavy (non-hydrogen) atoms. The molecule has 0 saturated carbocycles. The average Bonchev–Trinajstić information content (AvgIpc) is 2.32. The van der Waals surface area contributed by atoms with Crippen molar-refractivity contribution in [2.24, 2.45) is 0 Å². The summed E-state index contributed by atoms with van der Waals surface area (Å²) >= 11 is 3.14. The molecule has 0 aromatic rings. The van der Waals surface area contributed by atoms with Gasteiger partial charge in [0.2, 0.25) is 0 Å². The van der Waals surface area contributed by atoms with E-state index in [9.17, 15) is 9.59 Å². The summed E-state index contributed by atoms with van der Waals surface area (Å²) in [5.74, 6) is -0.359. The molecule has 4 nitrogen and oxygen atoms in total. The molecule has 0 bridgehead atoms. The lowest BCUT2D eigenvalue weighted by Crippen LogP contribution is -2.34. The Morgan fingerprint density at radius 3 is 2.92 bits per heavy atom. The molecule has 0 aromatic heterocycles. The van der Waals surface area contributed by atoms with Crippen molar-refractivity contribution in [3.8, 4) is 0 Å².